The van der Waals surface area contributed by atoms with E-state index in [9.17, 15) is 0 Å². The predicted molar refractivity (Wildman–Crippen MR) is 73.7 cm³/mol. The van der Waals surface area contributed by atoms with Gasteiger partial charge in [-0.3, -0.25) is 0 Å². The minimum absolute atomic E-state index is 0.412. The van der Waals surface area contributed by atoms with Crippen molar-refractivity contribution in [2.24, 2.45) is 5.92 Å². The van der Waals surface area contributed by atoms with E-state index >= 15 is 0 Å². The number of para-hydroxylation sites is 2. The van der Waals surface area contributed by atoms with Crippen molar-refractivity contribution < 1.29 is 9.47 Å². The number of rotatable bonds is 5. The van der Waals surface area contributed by atoms with E-state index in [1.165, 1.54) is 25.7 Å². The molecule has 2 N–H and O–H groups in total. The molecule has 2 unspecified atom stereocenters. The van der Waals surface area contributed by atoms with Gasteiger partial charge in [0.25, 0.3) is 0 Å². The second-order valence-electron chi connectivity index (χ2n) is 5.06. The van der Waals surface area contributed by atoms with Gasteiger partial charge in [0.15, 0.2) is 0 Å². The molecule has 0 bridgehead atoms. The van der Waals surface area contributed by atoms with Gasteiger partial charge in [-0.15, -0.1) is 0 Å². The van der Waals surface area contributed by atoms with Gasteiger partial charge in [-0.25, -0.2) is 0 Å². The SMILES string of the molecule is CC1CCCCC1OCCOc1ccccc1N. The predicted octanol–water partition coefficient (Wildman–Crippen LogP) is 3.24. The van der Waals surface area contributed by atoms with Gasteiger partial charge in [0.2, 0.25) is 0 Å². The van der Waals surface area contributed by atoms with Crippen LogP contribution in [0.15, 0.2) is 24.3 Å². The number of nitrogens with two attached hydrogens (primary N) is 1. The summed E-state index contributed by atoms with van der Waals surface area (Å²) >= 11 is 0. The van der Waals surface area contributed by atoms with E-state index in [2.05, 4.69) is 6.92 Å². The minimum Gasteiger partial charge on any atom is -0.489 e. The Hall–Kier alpha value is -1.22. The van der Waals surface area contributed by atoms with Crippen molar-refractivity contribution in [2.45, 2.75) is 38.7 Å². The number of nitrogen functional groups attached to an aromatic ring is 1. The Kier molecular flexibility index (Phi) is 4.88. The molecule has 3 nitrogen and oxygen atoms in total. The maximum absolute atomic E-state index is 5.89. The summed E-state index contributed by atoms with van der Waals surface area (Å²) in [6.45, 7) is 3.49. The monoisotopic (exact) mass is 249 g/mol. The van der Waals surface area contributed by atoms with Crippen LogP contribution in [0.2, 0.25) is 0 Å². The van der Waals surface area contributed by atoms with Crippen LogP contribution >= 0.6 is 0 Å². The molecule has 1 aliphatic rings. The molecule has 100 valence electrons. The topological polar surface area (TPSA) is 44.5 Å². The Balaban J connectivity index is 1.68. The summed E-state index contributed by atoms with van der Waals surface area (Å²) in [6.07, 6.45) is 5.53. The molecule has 1 aromatic rings. The lowest BCUT2D eigenvalue weighted by molar-refractivity contribution is -0.0165. The van der Waals surface area contributed by atoms with E-state index < -0.39 is 0 Å². The summed E-state index contributed by atoms with van der Waals surface area (Å²) in [7, 11) is 0. The fourth-order valence-electron chi connectivity index (χ4n) is 2.49. The van der Waals surface area contributed by atoms with Gasteiger partial charge in [0.1, 0.15) is 12.4 Å². The van der Waals surface area contributed by atoms with Gasteiger partial charge in [0.05, 0.1) is 18.4 Å². The van der Waals surface area contributed by atoms with Gasteiger partial charge in [-0.05, 0) is 30.9 Å². The quantitative estimate of drug-likeness (QED) is 0.643. The van der Waals surface area contributed by atoms with Gasteiger partial charge < -0.3 is 15.2 Å². The van der Waals surface area contributed by atoms with Gasteiger partial charge in [-0.1, -0.05) is 31.9 Å². The second-order valence-corrected chi connectivity index (χ2v) is 5.06. The van der Waals surface area contributed by atoms with E-state index in [0.29, 0.717) is 30.9 Å². The molecule has 18 heavy (non-hydrogen) atoms. The second kappa shape index (κ2) is 6.64. The fourth-order valence-corrected chi connectivity index (χ4v) is 2.49. The number of anilines is 1. The lowest BCUT2D eigenvalue weighted by atomic mass is 9.88. The molecule has 0 heterocycles. The van der Waals surface area contributed by atoms with E-state index in [1.807, 2.05) is 24.3 Å². The lowest BCUT2D eigenvalue weighted by Gasteiger charge is -2.28. The van der Waals surface area contributed by atoms with Crippen LogP contribution < -0.4 is 10.5 Å². The highest BCUT2D eigenvalue weighted by atomic mass is 16.5. The van der Waals surface area contributed by atoms with E-state index in [0.717, 1.165) is 5.75 Å². The van der Waals surface area contributed by atoms with Gasteiger partial charge >= 0.3 is 0 Å². The zero-order valence-corrected chi connectivity index (χ0v) is 11.1. The molecule has 0 saturated heterocycles. The first kappa shape index (κ1) is 13.2. The Morgan fingerprint density at radius 2 is 1.94 bits per heavy atom. The number of benzene rings is 1. The largest absolute Gasteiger partial charge is 0.489 e. The average molecular weight is 249 g/mol. The Bertz CT molecular complexity index is 367. The van der Waals surface area contributed by atoms with Crippen LogP contribution in [0.4, 0.5) is 5.69 Å². The maximum atomic E-state index is 5.89. The van der Waals surface area contributed by atoms with Crippen LogP contribution in [0.5, 0.6) is 5.75 Å². The third-order valence-corrected chi connectivity index (χ3v) is 3.62. The molecule has 0 spiro atoms. The molecule has 2 rings (SSSR count). The summed E-state index contributed by atoms with van der Waals surface area (Å²) in [6, 6.07) is 7.57. The molecule has 1 saturated carbocycles. The molecule has 3 heteroatoms. The van der Waals surface area contributed by atoms with Crippen molar-refractivity contribution in [3.63, 3.8) is 0 Å². The zero-order chi connectivity index (χ0) is 12.8. The van der Waals surface area contributed by atoms with Crippen molar-refractivity contribution in [2.75, 3.05) is 18.9 Å². The van der Waals surface area contributed by atoms with E-state index in [4.69, 9.17) is 15.2 Å². The highest BCUT2D eigenvalue weighted by Crippen LogP contribution is 2.26. The van der Waals surface area contributed by atoms with Crippen molar-refractivity contribution in [1.29, 1.82) is 0 Å². The maximum Gasteiger partial charge on any atom is 0.142 e. The zero-order valence-electron chi connectivity index (χ0n) is 11.1. The highest BCUT2D eigenvalue weighted by Gasteiger charge is 2.21. The Morgan fingerprint density at radius 1 is 1.17 bits per heavy atom. The first-order chi connectivity index (χ1) is 8.77. The Labute approximate surface area is 109 Å². The van der Waals surface area contributed by atoms with Crippen LogP contribution in [0.25, 0.3) is 0 Å². The van der Waals surface area contributed by atoms with Crippen molar-refractivity contribution in [1.82, 2.24) is 0 Å². The van der Waals surface area contributed by atoms with E-state index in [-0.39, 0.29) is 0 Å². The Morgan fingerprint density at radius 3 is 2.72 bits per heavy atom. The molecule has 0 amide bonds. The molecular weight excluding hydrogens is 226 g/mol. The number of hydrogen-bond donors (Lipinski definition) is 1. The van der Waals surface area contributed by atoms with Gasteiger partial charge in [-0.2, -0.15) is 0 Å². The molecule has 1 aliphatic carbocycles. The van der Waals surface area contributed by atoms with Gasteiger partial charge in [0, 0.05) is 0 Å². The van der Waals surface area contributed by atoms with Crippen LogP contribution in [0, 0.1) is 5.92 Å². The summed E-state index contributed by atoms with van der Waals surface area (Å²) in [5.41, 5.74) is 6.49. The van der Waals surface area contributed by atoms with Crippen LogP contribution in [0.3, 0.4) is 0 Å². The standard InChI is InChI=1S/C15H23NO2/c1-12-6-2-4-8-14(12)17-10-11-18-15-9-5-3-7-13(15)16/h3,5,7,9,12,14H,2,4,6,8,10-11,16H2,1H3. The van der Waals surface area contributed by atoms with Crippen molar-refractivity contribution in [3.8, 4) is 5.75 Å². The molecular formula is C15H23NO2. The molecule has 1 fully saturated rings. The third kappa shape index (κ3) is 3.64. The molecule has 0 aliphatic heterocycles. The van der Waals surface area contributed by atoms with Crippen LogP contribution in [-0.4, -0.2) is 19.3 Å². The van der Waals surface area contributed by atoms with Crippen LogP contribution in [0.1, 0.15) is 32.6 Å². The summed E-state index contributed by atoms with van der Waals surface area (Å²) < 4.78 is 11.5. The molecule has 0 radical (unpaired) electrons. The normalized spacial score (nSPS) is 23.8. The molecule has 1 aromatic carbocycles. The first-order valence-electron chi connectivity index (χ1n) is 6.86. The summed E-state index contributed by atoms with van der Waals surface area (Å²) in [4.78, 5) is 0. The van der Waals surface area contributed by atoms with Crippen molar-refractivity contribution in [3.05, 3.63) is 24.3 Å². The lowest BCUT2D eigenvalue weighted by Crippen LogP contribution is -2.27. The van der Waals surface area contributed by atoms with Crippen molar-refractivity contribution >= 4 is 5.69 Å². The number of ether oxygens (including phenoxy) is 2. The summed E-state index contributed by atoms with van der Waals surface area (Å²) in [5, 5.41) is 0. The minimum atomic E-state index is 0.412. The third-order valence-electron chi connectivity index (χ3n) is 3.62. The first-order valence-corrected chi connectivity index (χ1v) is 6.86. The van der Waals surface area contributed by atoms with Crippen LogP contribution in [-0.2, 0) is 4.74 Å². The molecule has 0 aromatic heterocycles. The summed E-state index contributed by atoms with van der Waals surface area (Å²) in [5.74, 6) is 1.43. The van der Waals surface area contributed by atoms with E-state index in [1.54, 1.807) is 0 Å². The average Bonchev–Trinajstić information content (AvgIpc) is 2.38. The molecule has 2 atom stereocenters. The fraction of sp³-hybridized carbons (Fsp3) is 0.600. The smallest absolute Gasteiger partial charge is 0.142 e. The highest BCUT2D eigenvalue weighted by molar-refractivity contribution is 5.51. The number of hydrogen-bond acceptors (Lipinski definition) is 3.